The monoisotopic (exact) mass is 501 g/mol. The number of nitrogens with zero attached hydrogens (tertiary/aromatic N) is 1. The molecule has 170 valence electrons. The summed E-state index contributed by atoms with van der Waals surface area (Å²) in [7, 11) is 4.66. The summed E-state index contributed by atoms with van der Waals surface area (Å²) in [5.41, 5.74) is 2.24. The average Bonchev–Trinajstić information content (AvgIpc) is 3.15. The van der Waals surface area contributed by atoms with Crippen LogP contribution in [0.3, 0.4) is 0 Å². The Labute approximate surface area is 206 Å². The lowest BCUT2D eigenvalue weighted by molar-refractivity contribution is -0.114. The van der Waals surface area contributed by atoms with Crippen LogP contribution < -0.4 is 19.1 Å². The number of carbonyl (C=O) groups is 1. The van der Waals surface area contributed by atoms with E-state index >= 15 is 0 Å². The van der Waals surface area contributed by atoms with Crippen molar-refractivity contribution >= 4 is 52.6 Å². The van der Waals surface area contributed by atoms with Gasteiger partial charge < -0.3 is 14.2 Å². The second-order valence-corrected chi connectivity index (χ2v) is 9.08. The van der Waals surface area contributed by atoms with Crippen molar-refractivity contribution in [2.24, 2.45) is 0 Å². The molecule has 0 spiro atoms. The van der Waals surface area contributed by atoms with Gasteiger partial charge in [-0.2, -0.15) is 0 Å². The van der Waals surface area contributed by atoms with E-state index in [-0.39, 0.29) is 5.91 Å². The van der Waals surface area contributed by atoms with Gasteiger partial charge in [-0.25, -0.2) is 0 Å². The fraction of sp³-hybridized carbons (Fsp3) is 0.160. The molecule has 1 fully saturated rings. The van der Waals surface area contributed by atoms with E-state index in [1.54, 1.807) is 44.4 Å². The molecular formula is C25H21Cl2NO4S. The van der Waals surface area contributed by atoms with Crippen LogP contribution in [-0.4, -0.2) is 27.2 Å². The van der Waals surface area contributed by atoms with Crippen LogP contribution in [0.25, 0.3) is 6.08 Å². The molecule has 1 saturated heterocycles. The summed E-state index contributed by atoms with van der Waals surface area (Å²) in [6.45, 7) is 0. The van der Waals surface area contributed by atoms with Crippen molar-refractivity contribution in [3.05, 3.63) is 86.7 Å². The maximum Gasteiger partial charge on any atom is 0.266 e. The topological polar surface area (TPSA) is 48.0 Å². The number of anilines is 1. The highest BCUT2D eigenvalue weighted by molar-refractivity contribution is 8.05. The summed E-state index contributed by atoms with van der Waals surface area (Å²) < 4.78 is 16.5. The maximum atomic E-state index is 13.6. The molecule has 1 aliphatic rings. The van der Waals surface area contributed by atoms with Gasteiger partial charge in [0.2, 0.25) is 5.75 Å². The second-order valence-electron chi connectivity index (χ2n) is 7.12. The zero-order valence-electron chi connectivity index (χ0n) is 18.2. The first-order valence-corrected chi connectivity index (χ1v) is 11.6. The standard InChI is InChI=1S/C25H21Cl2NO4S/c1-30-20-12-16(13-21(31-2)23(20)32-3)25-28(19-14-17(26)9-10-18(19)27)24(29)22(33-25)11-15-7-5-4-6-8-15/h4-14,25H,1-3H3/b22-11-. The molecule has 0 bridgehead atoms. The van der Waals surface area contributed by atoms with Gasteiger partial charge in [0.15, 0.2) is 11.5 Å². The maximum absolute atomic E-state index is 13.6. The van der Waals surface area contributed by atoms with Crippen LogP contribution in [0, 0.1) is 0 Å². The molecule has 8 heteroatoms. The molecule has 3 aromatic rings. The number of hydrogen-bond acceptors (Lipinski definition) is 5. The Balaban J connectivity index is 1.88. The Kier molecular flexibility index (Phi) is 7.08. The largest absolute Gasteiger partial charge is 0.493 e. The number of amides is 1. The van der Waals surface area contributed by atoms with Crippen molar-refractivity contribution in [1.29, 1.82) is 0 Å². The summed E-state index contributed by atoms with van der Waals surface area (Å²) in [4.78, 5) is 15.9. The number of ether oxygens (including phenoxy) is 3. The molecule has 1 unspecified atom stereocenters. The first-order chi connectivity index (χ1) is 16.0. The zero-order chi connectivity index (χ0) is 23.5. The molecule has 5 nitrogen and oxygen atoms in total. The number of thioether (sulfide) groups is 1. The molecular weight excluding hydrogens is 481 g/mol. The second kappa shape index (κ2) is 10.00. The molecule has 0 aliphatic carbocycles. The van der Waals surface area contributed by atoms with E-state index in [9.17, 15) is 4.79 Å². The SMILES string of the molecule is COc1cc(C2S/C(=C\c3ccccc3)C(=O)N2c2cc(Cl)ccc2Cl)cc(OC)c1OC. The highest BCUT2D eigenvalue weighted by Gasteiger charge is 2.40. The third kappa shape index (κ3) is 4.64. The van der Waals surface area contributed by atoms with Crippen molar-refractivity contribution in [2.75, 3.05) is 26.2 Å². The smallest absolute Gasteiger partial charge is 0.266 e. The van der Waals surface area contributed by atoms with Crippen LogP contribution in [0.4, 0.5) is 5.69 Å². The number of methoxy groups -OCH3 is 3. The molecule has 33 heavy (non-hydrogen) atoms. The Morgan fingerprint density at radius 1 is 0.909 bits per heavy atom. The Morgan fingerprint density at radius 3 is 2.18 bits per heavy atom. The van der Waals surface area contributed by atoms with Gasteiger partial charge in [0, 0.05) is 5.02 Å². The van der Waals surface area contributed by atoms with Crippen LogP contribution in [0.1, 0.15) is 16.5 Å². The highest BCUT2D eigenvalue weighted by atomic mass is 35.5. The molecule has 0 radical (unpaired) electrons. The van der Waals surface area contributed by atoms with Gasteiger partial charge in [-0.05, 0) is 47.5 Å². The average molecular weight is 502 g/mol. The summed E-state index contributed by atoms with van der Waals surface area (Å²) >= 11 is 14.2. The lowest BCUT2D eigenvalue weighted by Crippen LogP contribution is -2.27. The fourth-order valence-electron chi connectivity index (χ4n) is 3.61. The van der Waals surface area contributed by atoms with Gasteiger partial charge >= 0.3 is 0 Å². The third-order valence-electron chi connectivity index (χ3n) is 5.14. The van der Waals surface area contributed by atoms with Gasteiger partial charge in [-0.15, -0.1) is 0 Å². The Morgan fingerprint density at radius 2 is 1.58 bits per heavy atom. The van der Waals surface area contributed by atoms with E-state index in [1.807, 2.05) is 48.5 Å². The molecule has 3 aromatic carbocycles. The molecule has 0 aromatic heterocycles. The number of carbonyl (C=O) groups excluding carboxylic acids is 1. The molecule has 1 atom stereocenters. The van der Waals surface area contributed by atoms with E-state index < -0.39 is 5.37 Å². The lowest BCUT2D eigenvalue weighted by atomic mass is 10.1. The number of benzene rings is 3. The molecule has 0 N–H and O–H groups in total. The Bertz CT molecular complexity index is 1190. The molecule has 1 heterocycles. The molecule has 1 amide bonds. The van der Waals surface area contributed by atoms with Crippen molar-refractivity contribution in [3.63, 3.8) is 0 Å². The molecule has 1 aliphatic heterocycles. The summed E-state index contributed by atoms with van der Waals surface area (Å²) in [6.07, 6.45) is 1.87. The van der Waals surface area contributed by atoms with Crippen molar-refractivity contribution in [3.8, 4) is 17.2 Å². The van der Waals surface area contributed by atoms with Crippen LogP contribution in [0.2, 0.25) is 10.0 Å². The van der Waals surface area contributed by atoms with Crippen molar-refractivity contribution in [1.82, 2.24) is 0 Å². The van der Waals surface area contributed by atoms with E-state index in [0.29, 0.717) is 37.9 Å². The predicted octanol–water partition coefficient (Wildman–Crippen LogP) is 6.84. The first-order valence-electron chi connectivity index (χ1n) is 9.98. The minimum Gasteiger partial charge on any atom is -0.493 e. The van der Waals surface area contributed by atoms with Gasteiger partial charge in [0.1, 0.15) is 5.37 Å². The van der Waals surface area contributed by atoms with E-state index in [2.05, 4.69) is 0 Å². The number of halogens is 2. The summed E-state index contributed by atoms with van der Waals surface area (Å²) in [5.74, 6) is 1.30. The number of rotatable bonds is 6. The first kappa shape index (κ1) is 23.4. The lowest BCUT2D eigenvalue weighted by Gasteiger charge is -2.26. The van der Waals surface area contributed by atoms with E-state index in [1.165, 1.54) is 11.8 Å². The van der Waals surface area contributed by atoms with E-state index in [4.69, 9.17) is 37.4 Å². The van der Waals surface area contributed by atoms with E-state index in [0.717, 1.165) is 11.1 Å². The third-order valence-corrected chi connectivity index (χ3v) is 6.95. The zero-order valence-corrected chi connectivity index (χ0v) is 20.5. The van der Waals surface area contributed by atoms with Gasteiger partial charge in [-0.3, -0.25) is 9.69 Å². The molecule has 0 saturated carbocycles. The normalized spacial score (nSPS) is 16.9. The fourth-order valence-corrected chi connectivity index (χ4v) is 5.22. The molecule has 4 rings (SSSR count). The predicted molar refractivity (Wildman–Crippen MR) is 135 cm³/mol. The van der Waals surface area contributed by atoms with Gasteiger partial charge in [-0.1, -0.05) is 65.3 Å². The van der Waals surface area contributed by atoms with Crippen LogP contribution in [0.5, 0.6) is 17.2 Å². The van der Waals surface area contributed by atoms with Gasteiger partial charge in [0.25, 0.3) is 5.91 Å². The Hall–Kier alpha value is -2.80. The van der Waals surface area contributed by atoms with Crippen LogP contribution in [0.15, 0.2) is 65.6 Å². The van der Waals surface area contributed by atoms with Crippen molar-refractivity contribution < 1.29 is 19.0 Å². The summed E-state index contributed by atoms with van der Waals surface area (Å²) in [6, 6.07) is 18.4. The van der Waals surface area contributed by atoms with Crippen molar-refractivity contribution in [2.45, 2.75) is 5.37 Å². The number of hydrogen-bond donors (Lipinski definition) is 0. The van der Waals surface area contributed by atoms with Crippen LogP contribution >= 0.6 is 35.0 Å². The highest BCUT2D eigenvalue weighted by Crippen LogP contribution is 2.52. The minimum atomic E-state index is -0.433. The van der Waals surface area contributed by atoms with Gasteiger partial charge in [0.05, 0.1) is 36.9 Å². The minimum absolute atomic E-state index is 0.174. The quantitative estimate of drug-likeness (QED) is 0.346. The summed E-state index contributed by atoms with van der Waals surface area (Å²) in [5, 5.41) is 0.472. The van der Waals surface area contributed by atoms with Crippen LogP contribution in [-0.2, 0) is 4.79 Å².